The zero-order valence-corrected chi connectivity index (χ0v) is 18.3. The maximum absolute atomic E-state index is 8.90. The van der Waals surface area contributed by atoms with Gasteiger partial charge in [0.15, 0.2) is 11.5 Å². The van der Waals surface area contributed by atoms with Crippen LogP contribution in [0, 0.1) is 0 Å². The molecule has 6 nitrogen and oxygen atoms in total. The molecule has 2 aromatic carbocycles. The van der Waals surface area contributed by atoms with E-state index in [-0.39, 0.29) is 20.1 Å². The maximum Gasteiger partial charge on any atom is 0.161 e. The maximum atomic E-state index is 8.90. The van der Waals surface area contributed by atoms with Gasteiger partial charge in [0.2, 0.25) is 0 Å². The fourth-order valence-corrected chi connectivity index (χ4v) is 3.39. The third-order valence-corrected chi connectivity index (χ3v) is 5.01. The second-order valence-electron chi connectivity index (χ2n) is 7.33. The molecule has 172 valence electrons. The van der Waals surface area contributed by atoms with E-state index in [0.717, 1.165) is 42.8 Å². The molecule has 1 heterocycles. The Morgan fingerprint density at radius 1 is 1.03 bits per heavy atom. The van der Waals surface area contributed by atoms with E-state index in [1.807, 2.05) is 24.3 Å². The topological polar surface area (TPSA) is 76.5 Å². The predicted octanol–water partition coefficient (Wildman–Crippen LogP) is 5.89. The van der Waals surface area contributed by atoms with Crippen LogP contribution >= 0.6 is 0 Å². The van der Waals surface area contributed by atoms with Crippen molar-refractivity contribution < 1.29 is 14.6 Å². The van der Waals surface area contributed by atoms with Gasteiger partial charge in [-0.05, 0) is 43.0 Å². The SMILES string of the molecule is C.CCCC(Nc1cncc(-c2ccc(OCCCCO)c(OC)c2)n1)c1ccccc1. The minimum Gasteiger partial charge on any atom is -0.493 e. The monoisotopic (exact) mass is 437 g/mol. The van der Waals surface area contributed by atoms with Crippen LogP contribution < -0.4 is 14.8 Å². The summed E-state index contributed by atoms with van der Waals surface area (Å²) in [6, 6.07) is 16.3. The van der Waals surface area contributed by atoms with Crippen LogP contribution in [0.15, 0.2) is 60.9 Å². The summed E-state index contributed by atoms with van der Waals surface area (Å²) in [5.74, 6) is 2.07. The van der Waals surface area contributed by atoms with Crippen LogP contribution in [0.5, 0.6) is 11.5 Å². The summed E-state index contributed by atoms with van der Waals surface area (Å²) in [7, 11) is 1.62. The van der Waals surface area contributed by atoms with E-state index in [2.05, 4.69) is 41.5 Å². The van der Waals surface area contributed by atoms with Crippen molar-refractivity contribution in [1.82, 2.24) is 9.97 Å². The number of rotatable bonds is 12. The van der Waals surface area contributed by atoms with E-state index < -0.39 is 0 Å². The normalized spacial score (nSPS) is 11.3. The highest BCUT2D eigenvalue weighted by atomic mass is 16.5. The van der Waals surface area contributed by atoms with Crippen LogP contribution in [0.25, 0.3) is 11.3 Å². The standard InChI is InChI=1S/C25H31N3O3.CH4/c1-3-9-21(19-10-5-4-6-11-19)27-25-18-26-17-22(28-25)20-12-13-23(24(16-20)30-2)31-15-8-7-14-29;/h4-6,10-13,16-18,21,29H,3,7-9,14-15H2,1-2H3,(H,27,28);1H4. The first kappa shape index (κ1) is 25.1. The van der Waals surface area contributed by atoms with Crippen LogP contribution in [0.2, 0.25) is 0 Å². The van der Waals surface area contributed by atoms with Crippen molar-refractivity contribution in [3.8, 4) is 22.8 Å². The number of nitrogens with zero attached hydrogens (tertiary/aromatic N) is 2. The third kappa shape index (κ3) is 6.95. The predicted molar refractivity (Wildman–Crippen MR) is 130 cm³/mol. The first-order valence-corrected chi connectivity index (χ1v) is 10.8. The van der Waals surface area contributed by atoms with Crippen LogP contribution in [-0.2, 0) is 0 Å². The third-order valence-electron chi connectivity index (χ3n) is 5.01. The number of hydrogen-bond acceptors (Lipinski definition) is 6. The Labute approximate surface area is 191 Å². The summed E-state index contributed by atoms with van der Waals surface area (Å²) in [5, 5.41) is 12.4. The van der Waals surface area contributed by atoms with Crippen molar-refractivity contribution in [1.29, 1.82) is 0 Å². The highest BCUT2D eigenvalue weighted by Crippen LogP contribution is 2.32. The van der Waals surface area contributed by atoms with Gasteiger partial charge in [-0.15, -0.1) is 0 Å². The van der Waals surface area contributed by atoms with Gasteiger partial charge in [0, 0.05) is 12.2 Å². The van der Waals surface area contributed by atoms with Crippen LogP contribution in [0.1, 0.15) is 51.6 Å². The lowest BCUT2D eigenvalue weighted by atomic mass is 10.0. The summed E-state index contributed by atoms with van der Waals surface area (Å²) in [6.45, 7) is 2.89. The molecule has 0 radical (unpaired) electrons. The Morgan fingerprint density at radius 2 is 1.84 bits per heavy atom. The molecule has 1 aromatic heterocycles. The number of unbranched alkanes of at least 4 members (excludes halogenated alkanes) is 1. The molecule has 3 aromatic rings. The van der Waals surface area contributed by atoms with Gasteiger partial charge in [-0.1, -0.05) is 51.1 Å². The molecule has 3 rings (SSSR count). The molecule has 6 heteroatoms. The largest absolute Gasteiger partial charge is 0.493 e. The Bertz CT molecular complexity index is 935. The Hall–Kier alpha value is -3.12. The van der Waals surface area contributed by atoms with E-state index >= 15 is 0 Å². The van der Waals surface area contributed by atoms with Gasteiger partial charge in [0.05, 0.1) is 37.8 Å². The highest BCUT2D eigenvalue weighted by molar-refractivity contribution is 5.64. The van der Waals surface area contributed by atoms with Crippen molar-refractivity contribution >= 4 is 5.82 Å². The second-order valence-corrected chi connectivity index (χ2v) is 7.33. The van der Waals surface area contributed by atoms with Crippen molar-refractivity contribution in [2.45, 2.75) is 46.1 Å². The fraction of sp³-hybridized carbons (Fsp3) is 0.385. The zero-order valence-electron chi connectivity index (χ0n) is 18.3. The van der Waals surface area contributed by atoms with Gasteiger partial charge in [0.1, 0.15) is 5.82 Å². The smallest absolute Gasteiger partial charge is 0.161 e. The first-order chi connectivity index (χ1) is 15.2. The lowest BCUT2D eigenvalue weighted by Gasteiger charge is -2.19. The molecule has 2 N–H and O–H groups in total. The van der Waals surface area contributed by atoms with Gasteiger partial charge < -0.3 is 19.9 Å². The average molecular weight is 438 g/mol. The fourth-order valence-electron chi connectivity index (χ4n) is 3.39. The van der Waals surface area contributed by atoms with Gasteiger partial charge in [-0.25, -0.2) is 4.98 Å². The number of aliphatic hydroxyl groups is 1. The summed E-state index contributed by atoms with van der Waals surface area (Å²) < 4.78 is 11.3. The van der Waals surface area contributed by atoms with E-state index in [9.17, 15) is 0 Å². The number of ether oxygens (including phenoxy) is 2. The highest BCUT2D eigenvalue weighted by Gasteiger charge is 2.13. The molecule has 0 aliphatic rings. The molecule has 0 fully saturated rings. The molecule has 0 saturated carbocycles. The van der Waals surface area contributed by atoms with E-state index in [0.29, 0.717) is 18.1 Å². The zero-order chi connectivity index (χ0) is 21.9. The minimum absolute atomic E-state index is 0. The molecular weight excluding hydrogens is 402 g/mol. The summed E-state index contributed by atoms with van der Waals surface area (Å²) in [6.07, 6.45) is 7.09. The van der Waals surface area contributed by atoms with Crippen LogP contribution in [0.3, 0.4) is 0 Å². The van der Waals surface area contributed by atoms with Gasteiger partial charge in [0.25, 0.3) is 0 Å². The van der Waals surface area contributed by atoms with Crippen molar-refractivity contribution in [3.05, 3.63) is 66.5 Å². The summed E-state index contributed by atoms with van der Waals surface area (Å²) in [4.78, 5) is 9.18. The van der Waals surface area contributed by atoms with E-state index in [1.165, 1.54) is 5.56 Å². The second kappa shape index (κ2) is 13.3. The Balaban J connectivity index is 0.00000363. The number of hydrogen-bond donors (Lipinski definition) is 2. The molecule has 32 heavy (non-hydrogen) atoms. The summed E-state index contributed by atoms with van der Waals surface area (Å²) in [5.41, 5.74) is 2.90. The molecule has 1 atom stereocenters. The molecule has 0 spiro atoms. The minimum atomic E-state index is 0. The van der Waals surface area contributed by atoms with Crippen molar-refractivity contribution in [2.75, 3.05) is 25.6 Å². The lowest BCUT2D eigenvalue weighted by Crippen LogP contribution is -2.12. The summed E-state index contributed by atoms with van der Waals surface area (Å²) >= 11 is 0. The molecule has 0 aliphatic carbocycles. The van der Waals surface area contributed by atoms with Gasteiger partial charge >= 0.3 is 0 Å². The molecule has 0 amide bonds. The van der Waals surface area contributed by atoms with Crippen molar-refractivity contribution in [2.24, 2.45) is 0 Å². The number of aromatic nitrogens is 2. The number of nitrogens with one attached hydrogen (secondary N) is 1. The molecule has 0 bridgehead atoms. The number of benzene rings is 2. The average Bonchev–Trinajstić information content (AvgIpc) is 2.82. The van der Waals surface area contributed by atoms with E-state index in [1.54, 1.807) is 19.5 Å². The quantitative estimate of drug-likeness (QED) is 0.344. The van der Waals surface area contributed by atoms with Crippen LogP contribution in [-0.4, -0.2) is 35.4 Å². The first-order valence-electron chi connectivity index (χ1n) is 10.8. The van der Waals surface area contributed by atoms with Gasteiger partial charge in [-0.2, -0.15) is 0 Å². The number of aliphatic hydroxyl groups excluding tert-OH is 1. The molecule has 0 aliphatic heterocycles. The molecular formula is C26H35N3O3. The Morgan fingerprint density at radius 3 is 2.56 bits per heavy atom. The van der Waals surface area contributed by atoms with E-state index in [4.69, 9.17) is 19.6 Å². The van der Waals surface area contributed by atoms with Crippen molar-refractivity contribution in [3.63, 3.8) is 0 Å². The number of methoxy groups -OCH3 is 1. The van der Waals surface area contributed by atoms with Crippen LogP contribution in [0.4, 0.5) is 5.82 Å². The Kier molecular flexibility index (Phi) is 10.5. The lowest BCUT2D eigenvalue weighted by molar-refractivity contribution is 0.247. The molecule has 0 saturated heterocycles. The molecule has 1 unspecified atom stereocenters. The number of anilines is 1. The van der Waals surface area contributed by atoms with Gasteiger partial charge in [-0.3, -0.25) is 4.98 Å².